The standard InChI is InChI=1S/C19H22N2O6/c1-5-15(19(23)20-17-10-12(2)27-21-17)26-18(22)9-7-13-6-8-14(24-3)11-16(13)25-4/h6-11,15H,5H2,1-4H3,(H,20,21,23)/b9-7+. The highest BCUT2D eigenvalue weighted by atomic mass is 16.5. The van der Waals surface area contributed by atoms with Gasteiger partial charge in [-0.15, -0.1) is 0 Å². The normalized spacial score (nSPS) is 11.9. The summed E-state index contributed by atoms with van der Waals surface area (Å²) in [4.78, 5) is 24.3. The maximum Gasteiger partial charge on any atom is 0.331 e. The van der Waals surface area contributed by atoms with Crippen LogP contribution >= 0.6 is 0 Å². The van der Waals surface area contributed by atoms with Gasteiger partial charge in [-0.3, -0.25) is 4.79 Å². The predicted molar refractivity (Wildman–Crippen MR) is 98.6 cm³/mol. The zero-order chi connectivity index (χ0) is 19.8. The number of esters is 1. The van der Waals surface area contributed by atoms with Gasteiger partial charge in [0.25, 0.3) is 5.91 Å². The second-order valence-electron chi connectivity index (χ2n) is 5.59. The lowest BCUT2D eigenvalue weighted by Gasteiger charge is -2.13. The minimum absolute atomic E-state index is 0.269. The zero-order valence-corrected chi connectivity index (χ0v) is 15.6. The molecule has 8 nitrogen and oxygen atoms in total. The van der Waals surface area contributed by atoms with Crippen molar-refractivity contribution >= 4 is 23.8 Å². The van der Waals surface area contributed by atoms with E-state index in [2.05, 4.69) is 10.5 Å². The van der Waals surface area contributed by atoms with Crippen molar-refractivity contribution in [1.29, 1.82) is 0 Å². The fourth-order valence-electron chi connectivity index (χ4n) is 2.25. The Morgan fingerprint density at radius 2 is 2.04 bits per heavy atom. The Kier molecular flexibility index (Phi) is 6.99. The highest BCUT2D eigenvalue weighted by Crippen LogP contribution is 2.25. The van der Waals surface area contributed by atoms with Crippen molar-refractivity contribution in [3.8, 4) is 11.5 Å². The molecule has 0 aliphatic rings. The van der Waals surface area contributed by atoms with Crippen LogP contribution in [0.3, 0.4) is 0 Å². The first kappa shape index (κ1) is 20.0. The molecule has 0 aliphatic carbocycles. The highest BCUT2D eigenvalue weighted by molar-refractivity contribution is 5.96. The molecule has 1 atom stereocenters. The third kappa shape index (κ3) is 5.60. The van der Waals surface area contributed by atoms with Gasteiger partial charge in [-0.1, -0.05) is 12.1 Å². The van der Waals surface area contributed by atoms with Crippen LogP contribution in [0.25, 0.3) is 6.08 Å². The molecule has 0 aliphatic heterocycles. The SMILES string of the molecule is CCC(OC(=O)/C=C/c1ccc(OC)cc1OC)C(=O)Nc1cc(C)on1. The molecule has 144 valence electrons. The molecule has 1 aromatic carbocycles. The van der Waals surface area contributed by atoms with E-state index >= 15 is 0 Å². The van der Waals surface area contributed by atoms with Crippen molar-refractivity contribution in [1.82, 2.24) is 5.16 Å². The molecule has 1 amide bonds. The van der Waals surface area contributed by atoms with E-state index in [9.17, 15) is 9.59 Å². The number of nitrogens with zero attached hydrogens (tertiary/aromatic N) is 1. The Morgan fingerprint density at radius 3 is 2.63 bits per heavy atom. The van der Waals surface area contributed by atoms with E-state index in [0.29, 0.717) is 29.2 Å². The van der Waals surface area contributed by atoms with E-state index in [4.69, 9.17) is 18.7 Å². The molecule has 2 rings (SSSR count). The van der Waals surface area contributed by atoms with Crippen molar-refractivity contribution in [2.75, 3.05) is 19.5 Å². The van der Waals surface area contributed by atoms with Crippen LogP contribution < -0.4 is 14.8 Å². The highest BCUT2D eigenvalue weighted by Gasteiger charge is 2.21. The smallest absolute Gasteiger partial charge is 0.331 e. The Hall–Kier alpha value is -3.29. The van der Waals surface area contributed by atoms with Gasteiger partial charge in [-0.05, 0) is 31.6 Å². The number of anilines is 1. The molecule has 0 fully saturated rings. The summed E-state index contributed by atoms with van der Waals surface area (Å²) < 4.78 is 20.5. The molecule has 0 saturated carbocycles. The van der Waals surface area contributed by atoms with Crippen LogP contribution in [0.4, 0.5) is 5.82 Å². The van der Waals surface area contributed by atoms with Crippen molar-refractivity contribution in [3.05, 3.63) is 41.7 Å². The van der Waals surface area contributed by atoms with E-state index < -0.39 is 18.0 Å². The first-order valence-electron chi connectivity index (χ1n) is 8.31. The summed E-state index contributed by atoms with van der Waals surface area (Å²) in [6, 6.07) is 6.77. The maximum absolute atomic E-state index is 12.2. The molecule has 0 spiro atoms. The van der Waals surface area contributed by atoms with Crippen LogP contribution in [0, 0.1) is 6.92 Å². The van der Waals surface area contributed by atoms with E-state index in [0.717, 1.165) is 0 Å². The first-order chi connectivity index (χ1) is 13.0. The molecular formula is C19H22N2O6. The third-order valence-electron chi connectivity index (χ3n) is 3.64. The summed E-state index contributed by atoms with van der Waals surface area (Å²) in [7, 11) is 3.07. The molecule has 2 aromatic rings. The van der Waals surface area contributed by atoms with Gasteiger partial charge in [-0.2, -0.15) is 0 Å². The average Bonchev–Trinajstić information content (AvgIpc) is 3.08. The number of carbonyl (C=O) groups is 2. The monoisotopic (exact) mass is 374 g/mol. The van der Waals surface area contributed by atoms with Crippen molar-refractivity contribution in [2.45, 2.75) is 26.4 Å². The molecular weight excluding hydrogens is 352 g/mol. The predicted octanol–water partition coefficient (Wildman–Crippen LogP) is 2.97. The molecule has 1 N–H and O–H groups in total. The van der Waals surface area contributed by atoms with Crippen LogP contribution in [-0.2, 0) is 14.3 Å². The van der Waals surface area contributed by atoms with Crippen LogP contribution in [0.5, 0.6) is 11.5 Å². The van der Waals surface area contributed by atoms with E-state index in [1.807, 2.05) is 0 Å². The van der Waals surface area contributed by atoms with E-state index in [-0.39, 0.29) is 5.82 Å². The van der Waals surface area contributed by atoms with Gasteiger partial charge in [0.15, 0.2) is 11.9 Å². The van der Waals surface area contributed by atoms with Crippen molar-refractivity contribution in [3.63, 3.8) is 0 Å². The number of aryl methyl sites for hydroxylation is 1. The number of methoxy groups -OCH3 is 2. The summed E-state index contributed by atoms with van der Waals surface area (Å²) in [5.41, 5.74) is 0.672. The van der Waals surface area contributed by atoms with Gasteiger partial charge in [0.2, 0.25) is 0 Å². The quantitative estimate of drug-likeness (QED) is 0.560. The molecule has 0 bridgehead atoms. The number of amides is 1. The minimum atomic E-state index is -0.947. The molecule has 1 heterocycles. The molecule has 27 heavy (non-hydrogen) atoms. The third-order valence-corrected chi connectivity index (χ3v) is 3.64. The lowest BCUT2D eigenvalue weighted by molar-refractivity contribution is -0.149. The number of aromatic nitrogens is 1. The summed E-state index contributed by atoms with van der Waals surface area (Å²) >= 11 is 0. The second-order valence-corrected chi connectivity index (χ2v) is 5.59. The van der Waals surface area contributed by atoms with Crippen molar-refractivity contribution in [2.24, 2.45) is 0 Å². The minimum Gasteiger partial charge on any atom is -0.497 e. The lowest BCUT2D eigenvalue weighted by atomic mass is 10.1. The molecule has 0 saturated heterocycles. The Morgan fingerprint density at radius 1 is 1.26 bits per heavy atom. The summed E-state index contributed by atoms with van der Waals surface area (Å²) in [6.07, 6.45) is 2.15. The number of nitrogens with one attached hydrogen (secondary N) is 1. The fourth-order valence-corrected chi connectivity index (χ4v) is 2.25. The van der Waals surface area contributed by atoms with Gasteiger partial charge in [0.1, 0.15) is 17.3 Å². The molecule has 0 radical (unpaired) electrons. The van der Waals surface area contributed by atoms with Gasteiger partial charge in [-0.25, -0.2) is 4.79 Å². The van der Waals surface area contributed by atoms with Crippen LogP contribution in [0.15, 0.2) is 34.9 Å². The molecule has 8 heteroatoms. The van der Waals surface area contributed by atoms with Gasteiger partial charge in [0, 0.05) is 23.8 Å². The Labute approximate surface area is 157 Å². The lowest BCUT2D eigenvalue weighted by Crippen LogP contribution is -2.31. The largest absolute Gasteiger partial charge is 0.497 e. The van der Waals surface area contributed by atoms with Crippen LogP contribution in [-0.4, -0.2) is 37.4 Å². The number of hydrogen-bond donors (Lipinski definition) is 1. The molecule has 1 aromatic heterocycles. The van der Waals surface area contributed by atoms with E-state index in [1.165, 1.54) is 13.2 Å². The molecule has 1 unspecified atom stereocenters. The Bertz CT molecular complexity index is 827. The topological polar surface area (TPSA) is 99.9 Å². The van der Waals surface area contributed by atoms with Crippen LogP contribution in [0.1, 0.15) is 24.7 Å². The van der Waals surface area contributed by atoms with Gasteiger partial charge >= 0.3 is 5.97 Å². The van der Waals surface area contributed by atoms with Gasteiger partial charge in [0.05, 0.1) is 14.2 Å². The zero-order valence-electron chi connectivity index (χ0n) is 15.6. The maximum atomic E-state index is 12.2. The number of carbonyl (C=O) groups excluding carboxylic acids is 2. The summed E-state index contributed by atoms with van der Waals surface area (Å²) in [5.74, 6) is 0.889. The summed E-state index contributed by atoms with van der Waals surface area (Å²) in [6.45, 7) is 3.44. The average molecular weight is 374 g/mol. The number of rotatable bonds is 8. The van der Waals surface area contributed by atoms with E-state index in [1.54, 1.807) is 51.3 Å². The first-order valence-corrected chi connectivity index (χ1v) is 8.31. The Balaban J connectivity index is 2.00. The second kappa shape index (κ2) is 9.42. The van der Waals surface area contributed by atoms with Crippen molar-refractivity contribution < 1.29 is 28.3 Å². The summed E-state index contributed by atoms with van der Waals surface area (Å²) in [5, 5.41) is 6.22. The number of benzene rings is 1. The fraction of sp³-hybridized carbons (Fsp3) is 0.316. The van der Waals surface area contributed by atoms with Crippen LogP contribution in [0.2, 0.25) is 0 Å². The number of ether oxygens (including phenoxy) is 3. The van der Waals surface area contributed by atoms with Gasteiger partial charge < -0.3 is 24.1 Å². The number of hydrogen-bond acceptors (Lipinski definition) is 7.